The standard InChI is InChI=1S/C16H33N3O6/c1-15(2,3)24-13(22)18-8-12(21)10-19(9-11(20)7-17)14(23)25-16(4,5)6/h11-12,20-21H,7-10,17H2,1-6H3,(H,18,22). The minimum atomic E-state index is -1.06. The Labute approximate surface area is 149 Å². The van der Waals surface area contributed by atoms with Crippen molar-refractivity contribution in [1.29, 1.82) is 0 Å². The number of alkyl carbamates (subject to hydrolysis) is 1. The first-order chi connectivity index (χ1) is 11.2. The quantitative estimate of drug-likeness (QED) is 0.515. The molecule has 9 nitrogen and oxygen atoms in total. The number of nitrogens with one attached hydrogen (secondary N) is 1. The number of nitrogens with two attached hydrogens (primary N) is 1. The molecule has 0 spiro atoms. The maximum Gasteiger partial charge on any atom is 0.410 e. The van der Waals surface area contributed by atoms with E-state index in [9.17, 15) is 19.8 Å². The van der Waals surface area contributed by atoms with Crippen LogP contribution in [-0.2, 0) is 9.47 Å². The summed E-state index contributed by atoms with van der Waals surface area (Å²) in [5.41, 5.74) is 4.00. The number of aliphatic hydroxyl groups excluding tert-OH is 2. The topological polar surface area (TPSA) is 134 Å². The average molecular weight is 363 g/mol. The van der Waals surface area contributed by atoms with Gasteiger partial charge in [-0.3, -0.25) is 0 Å². The van der Waals surface area contributed by atoms with Gasteiger partial charge in [0.15, 0.2) is 0 Å². The van der Waals surface area contributed by atoms with Crippen molar-refractivity contribution < 1.29 is 29.3 Å². The first-order valence-corrected chi connectivity index (χ1v) is 8.24. The summed E-state index contributed by atoms with van der Waals surface area (Å²) in [7, 11) is 0. The van der Waals surface area contributed by atoms with Crippen LogP contribution in [0.1, 0.15) is 41.5 Å². The lowest BCUT2D eigenvalue weighted by Gasteiger charge is -2.30. The highest BCUT2D eigenvalue weighted by atomic mass is 16.6. The van der Waals surface area contributed by atoms with Crippen LogP contribution < -0.4 is 11.1 Å². The van der Waals surface area contributed by atoms with Crippen molar-refractivity contribution in [2.45, 2.75) is 65.0 Å². The van der Waals surface area contributed by atoms with Gasteiger partial charge >= 0.3 is 12.2 Å². The smallest absolute Gasteiger partial charge is 0.410 e. The molecule has 0 aromatic rings. The van der Waals surface area contributed by atoms with Gasteiger partial charge < -0.3 is 35.6 Å². The monoisotopic (exact) mass is 363 g/mol. The molecule has 0 saturated heterocycles. The molecule has 0 rings (SSSR count). The zero-order valence-electron chi connectivity index (χ0n) is 16.0. The maximum absolute atomic E-state index is 12.2. The number of amides is 2. The van der Waals surface area contributed by atoms with Crippen LogP contribution in [0.3, 0.4) is 0 Å². The Morgan fingerprint density at radius 2 is 1.48 bits per heavy atom. The molecule has 0 saturated carbocycles. The van der Waals surface area contributed by atoms with Crippen molar-refractivity contribution in [1.82, 2.24) is 10.2 Å². The predicted molar refractivity (Wildman–Crippen MR) is 93.1 cm³/mol. The van der Waals surface area contributed by atoms with Crippen LogP contribution in [0.4, 0.5) is 9.59 Å². The summed E-state index contributed by atoms with van der Waals surface area (Å²) >= 11 is 0. The van der Waals surface area contributed by atoms with E-state index in [1.54, 1.807) is 41.5 Å². The first-order valence-electron chi connectivity index (χ1n) is 8.24. The summed E-state index contributed by atoms with van der Waals surface area (Å²) in [4.78, 5) is 24.9. The van der Waals surface area contributed by atoms with Gasteiger partial charge in [-0.15, -0.1) is 0 Å². The second-order valence-electron chi connectivity index (χ2n) is 7.81. The molecular formula is C16H33N3O6. The SMILES string of the molecule is CC(C)(C)OC(=O)NCC(O)CN(CC(O)CN)C(=O)OC(C)(C)C. The van der Waals surface area contributed by atoms with E-state index in [0.717, 1.165) is 4.90 Å². The molecule has 0 heterocycles. The lowest BCUT2D eigenvalue weighted by Crippen LogP contribution is -2.48. The molecule has 5 N–H and O–H groups in total. The fourth-order valence-electron chi connectivity index (χ4n) is 1.71. The average Bonchev–Trinajstić information content (AvgIpc) is 2.40. The fraction of sp³-hybridized carbons (Fsp3) is 0.875. The molecule has 2 unspecified atom stereocenters. The Morgan fingerprint density at radius 3 is 1.92 bits per heavy atom. The molecule has 0 fully saturated rings. The lowest BCUT2D eigenvalue weighted by atomic mass is 10.2. The van der Waals surface area contributed by atoms with Crippen LogP contribution >= 0.6 is 0 Å². The van der Waals surface area contributed by atoms with Gasteiger partial charge in [0.05, 0.1) is 25.3 Å². The van der Waals surface area contributed by atoms with E-state index in [2.05, 4.69) is 5.32 Å². The Morgan fingerprint density at radius 1 is 1.00 bits per heavy atom. The summed E-state index contributed by atoms with van der Waals surface area (Å²) in [5, 5.41) is 22.2. The number of hydrogen-bond acceptors (Lipinski definition) is 7. The van der Waals surface area contributed by atoms with E-state index in [-0.39, 0.29) is 26.2 Å². The molecule has 0 radical (unpaired) electrons. The van der Waals surface area contributed by atoms with Gasteiger partial charge in [0.2, 0.25) is 0 Å². The van der Waals surface area contributed by atoms with Gasteiger partial charge in [-0.2, -0.15) is 0 Å². The summed E-state index contributed by atoms with van der Waals surface area (Å²) in [6.45, 7) is 9.92. The molecule has 0 bridgehead atoms. The van der Waals surface area contributed by atoms with Crippen molar-refractivity contribution in [3.63, 3.8) is 0 Å². The number of nitrogens with zero attached hydrogens (tertiary/aromatic N) is 1. The molecular weight excluding hydrogens is 330 g/mol. The van der Waals surface area contributed by atoms with E-state index in [1.165, 1.54) is 0 Å². The Balaban J connectivity index is 4.67. The van der Waals surface area contributed by atoms with Gasteiger partial charge in [0, 0.05) is 13.1 Å². The second-order valence-corrected chi connectivity index (χ2v) is 7.81. The fourth-order valence-corrected chi connectivity index (χ4v) is 1.71. The summed E-state index contributed by atoms with van der Waals surface area (Å²) in [6, 6.07) is 0. The van der Waals surface area contributed by atoms with Gasteiger partial charge in [-0.1, -0.05) is 0 Å². The highest BCUT2D eigenvalue weighted by Crippen LogP contribution is 2.11. The molecule has 9 heteroatoms. The minimum Gasteiger partial charge on any atom is -0.444 e. The molecule has 0 aromatic heterocycles. The first kappa shape index (κ1) is 23.4. The Hall–Kier alpha value is -1.58. The molecule has 0 aliphatic rings. The van der Waals surface area contributed by atoms with Crippen molar-refractivity contribution in [2.75, 3.05) is 26.2 Å². The van der Waals surface area contributed by atoms with E-state index in [1.807, 2.05) is 0 Å². The lowest BCUT2D eigenvalue weighted by molar-refractivity contribution is 0.00362. The maximum atomic E-state index is 12.2. The molecule has 2 amide bonds. The summed E-state index contributed by atoms with van der Waals surface area (Å²) in [5.74, 6) is 0. The van der Waals surface area contributed by atoms with Gasteiger partial charge in [-0.05, 0) is 41.5 Å². The highest BCUT2D eigenvalue weighted by molar-refractivity contribution is 5.68. The summed E-state index contributed by atoms with van der Waals surface area (Å²) in [6.07, 6.45) is -3.36. The van der Waals surface area contributed by atoms with Crippen LogP contribution in [-0.4, -0.2) is 76.9 Å². The molecule has 148 valence electrons. The van der Waals surface area contributed by atoms with E-state index < -0.39 is 35.6 Å². The van der Waals surface area contributed by atoms with Crippen LogP contribution in [0.15, 0.2) is 0 Å². The number of carbonyl (C=O) groups excluding carboxylic acids is 2. The number of carbonyl (C=O) groups is 2. The van der Waals surface area contributed by atoms with E-state index >= 15 is 0 Å². The minimum absolute atomic E-state index is 0.0362. The molecule has 0 aliphatic carbocycles. The molecule has 0 aromatic carbocycles. The van der Waals surface area contributed by atoms with E-state index in [0.29, 0.717) is 0 Å². The van der Waals surface area contributed by atoms with Crippen LogP contribution in [0.25, 0.3) is 0 Å². The number of rotatable bonds is 7. The van der Waals surface area contributed by atoms with E-state index in [4.69, 9.17) is 15.2 Å². The van der Waals surface area contributed by atoms with Gasteiger partial charge in [0.1, 0.15) is 11.2 Å². The van der Waals surface area contributed by atoms with Crippen molar-refractivity contribution in [3.8, 4) is 0 Å². The largest absolute Gasteiger partial charge is 0.444 e. The van der Waals surface area contributed by atoms with Gasteiger partial charge in [-0.25, -0.2) is 9.59 Å². The zero-order valence-corrected chi connectivity index (χ0v) is 16.0. The van der Waals surface area contributed by atoms with Crippen LogP contribution in [0, 0.1) is 0 Å². The highest BCUT2D eigenvalue weighted by Gasteiger charge is 2.26. The third-order valence-corrected chi connectivity index (χ3v) is 2.67. The number of hydrogen-bond donors (Lipinski definition) is 4. The van der Waals surface area contributed by atoms with Crippen molar-refractivity contribution in [2.24, 2.45) is 5.73 Å². The second kappa shape index (κ2) is 9.79. The Kier molecular flexibility index (Phi) is 9.17. The van der Waals surface area contributed by atoms with Gasteiger partial charge in [0.25, 0.3) is 0 Å². The zero-order chi connectivity index (χ0) is 19.8. The predicted octanol–water partition coefficient (Wildman–Crippen LogP) is 0.429. The number of aliphatic hydroxyl groups is 2. The third-order valence-electron chi connectivity index (χ3n) is 2.67. The van der Waals surface area contributed by atoms with Crippen LogP contribution in [0.5, 0.6) is 0 Å². The molecule has 0 aliphatic heterocycles. The third kappa shape index (κ3) is 12.4. The normalized spacial score (nSPS) is 14.4. The molecule has 2 atom stereocenters. The molecule has 25 heavy (non-hydrogen) atoms. The Bertz CT molecular complexity index is 431. The van der Waals surface area contributed by atoms with Crippen LogP contribution in [0.2, 0.25) is 0 Å². The number of ether oxygens (including phenoxy) is 2. The van der Waals surface area contributed by atoms with Crippen molar-refractivity contribution in [3.05, 3.63) is 0 Å². The summed E-state index contributed by atoms with van der Waals surface area (Å²) < 4.78 is 10.3. The van der Waals surface area contributed by atoms with Crippen molar-refractivity contribution >= 4 is 12.2 Å².